The number of primary amides is 1. The fourth-order valence-corrected chi connectivity index (χ4v) is 1.67. The molecule has 2 aromatic rings. The van der Waals surface area contributed by atoms with Crippen molar-refractivity contribution in [3.05, 3.63) is 30.6 Å². The van der Waals surface area contributed by atoms with Crippen molar-refractivity contribution in [3.8, 4) is 0 Å². The maximum atomic E-state index is 10.7. The fourth-order valence-electron chi connectivity index (χ4n) is 1.67. The molecular formula is C12H14N4O2. The van der Waals surface area contributed by atoms with Crippen molar-refractivity contribution in [1.82, 2.24) is 4.98 Å². The van der Waals surface area contributed by atoms with Crippen LogP contribution in [-0.2, 0) is 4.79 Å². The smallest absolute Gasteiger partial charge is 0.248 e. The number of nitrogens with two attached hydrogens (primary N) is 2. The number of hydrogen-bond acceptors (Lipinski definition) is 5. The molecule has 0 saturated heterocycles. The van der Waals surface area contributed by atoms with E-state index in [-0.39, 0.29) is 6.54 Å². The Bertz CT molecular complexity index is 585. The third-order valence-corrected chi connectivity index (χ3v) is 2.67. The third-order valence-electron chi connectivity index (χ3n) is 2.67. The predicted molar refractivity (Wildman–Crippen MR) is 69.8 cm³/mol. The fraction of sp³-hybridized carbons (Fsp3) is 0.167. The maximum absolute atomic E-state index is 10.7. The van der Waals surface area contributed by atoms with Gasteiger partial charge in [0.15, 0.2) is 0 Å². The van der Waals surface area contributed by atoms with Gasteiger partial charge in [0, 0.05) is 41.1 Å². The first-order valence-electron chi connectivity index (χ1n) is 5.43. The Morgan fingerprint density at radius 2 is 2.17 bits per heavy atom. The molecule has 0 spiro atoms. The van der Waals surface area contributed by atoms with Crippen molar-refractivity contribution in [2.75, 3.05) is 17.6 Å². The molecule has 1 amide bonds. The lowest BCUT2D eigenvalue weighted by Crippen LogP contribution is -2.34. The average molecular weight is 246 g/mol. The molecule has 2 rings (SSSR count). The zero-order chi connectivity index (χ0) is 13.1. The molecular weight excluding hydrogens is 232 g/mol. The minimum atomic E-state index is -1.23. The SMILES string of the molecule is NC(=O)C(O)CNc1ccc(N)c2ccncc12. The Morgan fingerprint density at radius 3 is 2.89 bits per heavy atom. The summed E-state index contributed by atoms with van der Waals surface area (Å²) in [5.74, 6) is -0.764. The summed E-state index contributed by atoms with van der Waals surface area (Å²) >= 11 is 0. The predicted octanol–water partition coefficient (Wildman–Crippen LogP) is 0.0751. The van der Waals surface area contributed by atoms with Crippen LogP contribution in [0.3, 0.4) is 0 Å². The van der Waals surface area contributed by atoms with Gasteiger partial charge >= 0.3 is 0 Å². The molecule has 0 aliphatic rings. The summed E-state index contributed by atoms with van der Waals surface area (Å²) in [5.41, 5.74) is 12.2. The first kappa shape index (κ1) is 12.1. The highest BCUT2D eigenvalue weighted by Crippen LogP contribution is 2.27. The van der Waals surface area contributed by atoms with Crippen LogP contribution in [0.5, 0.6) is 0 Å². The lowest BCUT2D eigenvalue weighted by Gasteiger charge is -2.12. The Balaban J connectivity index is 2.29. The van der Waals surface area contributed by atoms with Gasteiger partial charge in [-0.15, -0.1) is 0 Å². The van der Waals surface area contributed by atoms with Crippen molar-refractivity contribution in [3.63, 3.8) is 0 Å². The highest BCUT2D eigenvalue weighted by molar-refractivity contribution is 6.00. The molecule has 0 fully saturated rings. The number of fused-ring (bicyclic) bond motifs is 1. The summed E-state index contributed by atoms with van der Waals surface area (Å²) in [6.07, 6.45) is 2.10. The summed E-state index contributed by atoms with van der Waals surface area (Å²) in [6, 6.07) is 5.33. The van der Waals surface area contributed by atoms with E-state index >= 15 is 0 Å². The minimum absolute atomic E-state index is 0.0449. The zero-order valence-electron chi connectivity index (χ0n) is 9.63. The van der Waals surface area contributed by atoms with E-state index in [1.54, 1.807) is 30.6 Å². The molecule has 0 aliphatic heterocycles. The number of anilines is 2. The number of aliphatic hydroxyl groups is 1. The molecule has 0 bridgehead atoms. The molecule has 0 saturated carbocycles. The zero-order valence-corrected chi connectivity index (χ0v) is 9.63. The molecule has 1 heterocycles. The highest BCUT2D eigenvalue weighted by atomic mass is 16.3. The van der Waals surface area contributed by atoms with Crippen molar-refractivity contribution in [2.24, 2.45) is 5.73 Å². The Labute approximate surface area is 104 Å². The van der Waals surface area contributed by atoms with E-state index in [0.29, 0.717) is 5.69 Å². The van der Waals surface area contributed by atoms with E-state index in [4.69, 9.17) is 11.5 Å². The summed E-state index contributed by atoms with van der Waals surface area (Å²) in [4.78, 5) is 14.8. The number of nitrogens with one attached hydrogen (secondary N) is 1. The van der Waals surface area contributed by atoms with E-state index in [1.807, 2.05) is 0 Å². The number of benzene rings is 1. The number of pyridine rings is 1. The van der Waals surface area contributed by atoms with Gasteiger partial charge in [-0.05, 0) is 18.2 Å². The molecule has 18 heavy (non-hydrogen) atoms. The molecule has 1 aromatic carbocycles. The molecule has 0 radical (unpaired) electrons. The first-order chi connectivity index (χ1) is 8.59. The van der Waals surface area contributed by atoms with Crippen LogP contribution in [0.2, 0.25) is 0 Å². The van der Waals surface area contributed by atoms with E-state index < -0.39 is 12.0 Å². The molecule has 0 aliphatic carbocycles. The first-order valence-corrected chi connectivity index (χ1v) is 5.43. The summed E-state index contributed by atoms with van der Waals surface area (Å²) in [6.45, 7) is 0.0449. The van der Waals surface area contributed by atoms with Gasteiger partial charge in [-0.3, -0.25) is 9.78 Å². The Morgan fingerprint density at radius 1 is 1.39 bits per heavy atom. The van der Waals surface area contributed by atoms with Crippen LogP contribution < -0.4 is 16.8 Å². The normalized spacial score (nSPS) is 12.3. The van der Waals surface area contributed by atoms with Crippen molar-refractivity contribution in [1.29, 1.82) is 0 Å². The van der Waals surface area contributed by atoms with Crippen LogP contribution in [0, 0.1) is 0 Å². The Hall–Kier alpha value is -2.34. The van der Waals surface area contributed by atoms with Gasteiger partial charge in [0.1, 0.15) is 6.10 Å². The number of aliphatic hydroxyl groups excluding tert-OH is 1. The van der Waals surface area contributed by atoms with E-state index in [1.165, 1.54) is 0 Å². The second-order valence-corrected chi connectivity index (χ2v) is 3.92. The van der Waals surface area contributed by atoms with E-state index in [2.05, 4.69) is 10.3 Å². The van der Waals surface area contributed by atoms with Crippen LogP contribution >= 0.6 is 0 Å². The summed E-state index contributed by atoms with van der Waals surface area (Å²) in [7, 11) is 0. The molecule has 1 aromatic heterocycles. The lowest BCUT2D eigenvalue weighted by atomic mass is 10.1. The molecule has 6 N–H and O–H groups in total. The maximum Gasteiger partial charge on any atom is 0.248 e. The summed E-state index contributed by atoms with van der Waals surface area (Å²) in [5, 5.41) is 14.0. The summed E-state index contributed by atoms with van der Waals surface area (Å²) < 4.78 is 0. The van der Waals surface area contributed by atoms with E-state index in [9.17, 15) is 9.90 Å². The van der Waals surface area contributed by atoms with Crippen molar-refractivity contribution < 1.29 is 9.90 Å². The standard InChI is InChI=1S/C12H14N4O2/c13-9-1-2-10(16-6-11(17)12(14)18)8-5-15-4-3-7(8)9/h1-5,11,16-17H,6,13H2,(H2,14,18). The molecule has 6 nitrogen and oxygen atoms in total. The highest BCUT2D eigenvalue weighted by Gasteiger charge is 2.11. The topological polar surface area (TPSA) is 114 Å². The monoisotopic (exact) mass is 246 g/mol. The number of amides is 1. The van der Waals surface area contributed by atoms with Gasteiger partial charge in [-0.25, -0.2) is 0 Å². The lowest BCUT2D eigenvalue weighted by molar-refractivity contribution is -0.125. The number of rotatable bonds is 4. The second kappa shape index (κ2) is 4.89. The van der Waals surface area contributed by atoms with Crippen LogP contribution in [0.4, 0.5) is 11.4 Å². The molecule has 6 heteroatoms. The third kappa shape index (κ3) is 2.33. The van der Waals surface area contributed by atoms with Crippen molar-refractivity contribution in [2.45, 2.75) is 6.10 Å². The van der Waals surface area contributed by atoms with Crippen molar-refractivity contribution >= 4 is 28.1 Å². The van der Waals surface area contributed by atoms with Gasteiger partial charge in [-0.1, -0.05) is 0 Å². The number of nitrogen functional groups attached to an aromatic ring is 1. The molecule has 1 unspecified atom stereocenters. The van der Waals surface area contributed by atoms with Gasteiger partial charge in [-0.2, -0.15) is 0 Å². The molecule has 1 atom stereocenters. The minimum Gasteiger partial charge on any atom is -0.398 e. The van der Waals surface area contributed by atoms with Crippen LogP contribution in [0.25, 0.3) is 10.8 Å². The van der Waals surface area contributed by atoms with Gasteiger partial charge in [0.2, 0.25) is 5.91 Å². The quantitative estimate of drug-likeness (QED) is 0.570. The van der Waals surface area contributed by atoms with Gasteiger partial charge < -0.3 is 21.9 Å². The second-order valence-electron chi connectivity index (χ2n) is 3.92. The molecule has 94 valence electrons. The number of carbonyl (C=O) groups is 1. The van der Waals surface area contributed by atoms with E-state index in [0.717, 1.165) is 16.5 Å². The Kier molecular flexibility index (Phi) is 3.29. The van der Waals surface area contributed by atoms with Crippen LogP contribution in [-0.4, -0.2) is 28.6 Å². The van der Waals surface area contributed by atoms with Crippen LogP contribution in [0.1, 0.15) is 0 Å². The number of hydrogen-bond donors (Lipinski definition) is 4. The number of carbonyl (C=O) groups excluding carboxylic acids is 1. The van der Waals surface area contributed by atoms with Gasteiger partial charge in [0.25, 0.3) is 0 Å². The number of aromatic nitrogens is 1. The van der Waals surface area contributed by atoms with Crippen LogP contribution in [0.15, 0.2) is 30.6 Å². The number of nitrogens with zero attached hydrogens (tertiary/aromatic N) is 1. The van der Waals surface area contributed by atoms with Gasteiger partial charge in [0.05, 0.1) is 0 Å². The largest absolute Gasteiger partial charge is 0.398 e. The average Bonchev–Trinajstić information content (AvgIpc) is 2.38.